The molecule has 0 radical (unpaired) electrons. The Morgan fingerprint density at radius 1 is 0.810 bits per heavy atom. The molecule has 2 aliphatic rings. The van der Waals surface area contributed by atoms with Crippen LogP contribution in [0.3, 0.4) is 0 Å². The number of ether oxygens (including phenoxy) is 2. The Hall–Kier alpha value is -2.89. The molecule has 1 fully saturated rings. The summed E-state index contributed by atoms with van der Waals surface area (Å²) in [5.41, 5.74) is -0.111. The van der Waals surface area contributed by atoms with Gasteiger partial charge in [0.25, 0.3) is 0 Å². The van der Waals surface area contributed by atoms with Gasteiger partial charge in [0.2, 0.25) is 5.91 Å². The molecule has 1 atom stereocenters. The lowest BCUT2D eigenvalue weighted by Gasteiger charge is -2.36. The summed E-state index contributed by atoms with van der Waals surface area (Å²) in [6.07, 6.45) is 13.1. The summed E-state index contributed by atoms with van der Waals surface area (Å²) < 4.78 is 11.8. The molecule has 0 N–H and O–H groups in total. The first-order valence-electron chi connectivity index (χ1n) is 16.0. The molecule has 1 amide bonds. The van der Waals surface area contributed by atoms with Crippen molar-refractivity contribution in [2.24, 2.45) is 11.3 Å². The van der Waals surface area contributed by atoms with Crippen molar-refractivity contribution in [1.29, 1.82) is 0 Å². The molecule has 42 heavy (non-hydrogen) atoms. The largest absolute Gasteiger partial charge is 0.457 e. The van der Waals surface area contributed by atoms with Gasteiger partial charge in [0.05, 0.1) is 17.1 Å². The fourth-order valence-electron chi connectivity index (χ4n) is 5.85. The van der Waals surface area contributed by atoms with Crippen molar-refractivity contribution < 1.29 is 23.9 Å². The maximum Gasteiger partial charge on any atom is 0.339 e. The maximum atomic E-state index is 14.2. The van der Waals surface area contributed by atoms with Gasteiger partial charge in [0.1, 0.15) is 11.2 Å². The van der Waals surface area contributed by atoms with Crippen molar-refractivity contribution in [3.63, 3.8) is 0 Å². The Bertz CT molecular complexity index is 1160. The SMILES string of the molecule is CCCCCCCCCCC1=C[C@@H](C(=O)N(C)c2ccccc2)C2(CC2)C(C(=O)OC(C)(C)C)=C1C(=O)OC(C)(C)C. The van der Waals surface area contributed by atoms with Crippen molar-refractivity contribution in [2.45, 2.75) is 130 Å². The number of amides is 1. The normalized spacial score (nSPS) is 18.0. The van der Waals surface area contributed by atoms with Gasteiger partial charge in [-0.05, 0) is 84.9 Å². The lowest BCUT2D eigenvalue weighted by molar-refractivity contribution is -0.154. The van der Waals surface area contributed by atoms with E-state index in [0.717, 1.165) is 30.5 Å². The number of hydrogen-bond acceptors (Lipinski definition) is 5. The topological polar surface area (TPSA) is 72.9 Å². The van der Waals surface area contributed by atoms with Gasteiger partial charge in [-0.25, -0.2) is 9.59 Å². The molecule has 0 bridgehead atoms. The standard InChI is InChI=1S/C36H53NO5/c1-9-10-11-12-13-14-15-17-20-26-25-28(31(38)37(8)27-21-18-16-19-22-27)36(23-24-36)30(33(40)42-35(5,6)7)29(26)32(39)41-34(2,3)4/h16,18-19,21-22,25,28H,9-15,17,20,23-24H2,1-8H3/t28-/m0/s1. The summed E-state index contributed by atoms with van der Waals surface area (Å²) in [7, 11) is 1.78. The van der Waals surface area contributed by atoms with E-state index in [0.29, 0.717) is 30.4 Å². The van der Waals surface area contributed by atoms with Gasteiger partial charge in [-0.1, -0.05) is 76.1 Å². The number of carbonyl (C=O) groups excluding carboxylic acids is 3. The van der Waals surface area contributed by atoms with E-state index < -0.39 is 34.5 Å². The highest BCUT2D eigenvalue weighted by Crippen LogP contribution is 2.62. The van der Waals surface area contributed by atoms with E-state index in [4.69, 9.17) is 9.47 Å². The lowest BCUT2D eigenvalue weighted by Crippen LogP contribution is -2.43. The quantitative estimate of drug-likeness (QED) is 0.173. The molecule has 0 aliphatic heterocycles. The van der Waals surface area contributed by atoms with Crippen molar-refractivity contribution in [3.05, 3.63) is 53.1 Å². The summed E-state index contributed by atoms with van der Waals surface area (Å²) in [5, 5.41) is 0. The molecule has 0 heterocycles. The van der Waals surface area contributed by atoms with Gasteiger partial charge in [-0.3, -0.25) is 4.79 Å². The molecule has 1 saturated carbocycles. The van der Waals surface area contributed by atoms with Gasteiger partial charge in [0, 0.05) is 18.2 Å². The summed E-state index contributed by atoms with van der Waals surface area (Å²) in [6, 6.07) is 9.54. The minimum atomic E-state index is -0.780. The number of para-hydroxylation sites is 1. The maximum absolute atomic E-state index is 14.2. The number of benzene rings is 1. The highest BCUT2D eigenvalue weighted by Gasteiger charge is 2.61. The number of unbranched alkanes of at least 4 members (excludes halogenated alkanes) is 7. The predicted octanol–water partition coefficient (Wildman–Crippen LogP) is 8.50. The van der Waals surface area contributed by atoms with Crippen molar-refractivity contribution >= 4 is 23.5 Å². The Kier molecular flexibility index (Phi) is 11.2. The molecular formula is C36H53NO5. The van der Waals surface area contributed by atoms with E-state index in [1.54, 1.807) is 11.9 Å². The van der Waals surface area contributed by atoms with E-state index in [1.165, 1.54) is 32.1 Å². The third kappa shape index (κ3) is 8.81. The first-order chi connectivity index (χ1) is 19.7. The fourth-order valence-corrected chi connectivity index (χ4v) is 5.85. The van der Waals surface area contributed by atoms with Crippen LogP contribution in [-0.2, 0) is 23.9 Å². The Morgan fingerprint density at radius 3 is 1.86 bits per heavy atom. The molecule has 6 nitrogen and oxygen atoms in total. The van der Waals surface area contributed by atoms with Crippen molar-refractivity contribution in [2.75, 3.05) is 11.9 Å². The predicted molar refractivity (Wildman–Crippen MR) is 169 cm³/mol. The Morgan fingerprint density at radius 2 is 1.33 bits per heavy atom. The second kappa shape index (κ2) is 14.1. The van der Waals surface area contributed by atoms with Gasteiger partial charge in [0.15, 0.2) is 0 Å². The molecule has 1 aromatic carbocycles. The molecule has 0 unspecified atom stereocenters. The molecule has 0 saturated heterocycles. The van der Waals surface area contributed by atoms with Crippen LogP contribution in [0.1, 0.15) is 119 Å². The summed E-state index contributed by atoms with van der Waals surface area (Å²) in [5.74, 6) is -1.69. The van der Waals surface area contributed by atoms with Crippen LogP contribution in [0.5, 0.6) is 0 Å². The smallest absolute Gasteiger partial charge is 0.339 e. The van der Waals surface area contributed by atoms with E-state index in [9.17, 15) is 14.4 Å². The summed E-state index contributed by atoms with van der Waals surface area (Å²) in [4.78, 5) is 43.6. The molecular weight excluding hydrogens is 526 g/mol. The summed E-state index contributed by atoms with van der Waals surface area (Å²) in [6.45, 7) is 13.2. The van der Waals surface area contributed by atoms with Crippen LogP contribution >= 0.6 is 0 Å². The van der Waals surface area contributed by atoms with Crippen molar-refractivity contribution in [1.82, 2.24) is 0 Å². The molecule has 0 aromatic heterocycles. The molecule has 1 spiro atoms. The lowest BCUT2D eigenvalue weighted by atomic mass is 9.71. The monoisotopic (exact) mass is 579 g/mol. The van der Waals surface area contributed by atoms with Gasteiger partial charge < -0.3 is 14.4 Å². The third-order valence-electron chi connectivity index (χ3n) is 8.07. The third-order valence-corrected chi connectivity index (χ3v) is 8.07. The van der Waals surface area contributed by atoms with Crippen molar-refractivity contribution in [3.8, 4) is 0 Å². The molecule has 3 rings (SSSR count). The van der Waals surface area contributed by atoms with Crippen LogP contribution < -0.4 is 4.90 Å². The summed E-state index contributed by atoms with van der Waals surface area (Å²) >= 11 is 0. The molecule has 232 valence electrons. The average molecular weight is 580 g/mol. The van der Waals surface area contributed by atoms with E-state index in [-0.39, 0.29) is 5.91 Å². The minimum Gasteiger partial charge on any atom is -0.457 e. The molecule has 6 heteroatoms. The second-order valence-electron chi connectivity index (χ2n) is 14.0. The zero-order valence-corrected chi connectivity index (χ0v) is 27.3. The van der Waals surface area contributed by atoms with E-state index in [1.807, 2.05) is 78.0 Å². The Balaban J connectivity index is 2.02. The highest BCUT2D eigenvalue weighted by atomic mass is 16.6. The highest BCUT2D eigenvalue weighted by molar-refractivity contribution is 6.08. The molecule has 1 aromatic rings. The second-order valence-corrected chi connectivity index (χ2v) is 14.0. The minimum absolute atomic E-state index is 0.0866. The van der Waals surface area contributed by atoms with Crippen LogP contribution in [-0.4, -0.2) is 36.1 Å². The first-order valence-corrected chi connectivity index (χ1v) is 16.0. The fraction of sp³-hybridized carbons (Fsp3) is 0.639. The van der Waals surface area contributed by atoms with Crippen LogP contribution in [0, 0.1) is 11.3 Å². The van der Waals surface area contributed by atoms with Gasteiger partial charge in [-0.15, -0.1) is 0 Å². The van der Waals surface area contributed by atoms with Crippen LogP contribution in [0.25, 0.3) is 0 Å². The zero-order valence-electron chi connectivity index (χ0n) is 27.3. The number of hydrogen-bond donors (Lipinski definition) is 0. The molecule has 2 aliphatic carbocycles. The van der Waals surface area contributed by atoms with Crippen LogP contribution in [0.4, 0.5) is 5.69 Å². The number of carbonyl (C=O) groups is 3. The number of esters is 2. The Labute approximate surface area is 253 Å². The number of rotatable bonds is 13. The van der Waals surface area contributed by atoms with Gasteiger partial charge in [-0.2, -0.15) is 0 Å². The van der Waals surface area contributed by atoms with E-state index >= 15 is 0 Å². The van der Waals surface area contributed by atoms with Gasteiger partial charge >= 0.3 is 11.9 Å². The first kappa shape index (κ1) is 33.6. The number of nitrogens with zero attached hydrogens (tertiary/aromatic N) is 1. The van der Waals surface area contributed by atoms with Crippen LogP contribution in [0.15, 0.2) is 53.1 Å². The van der Waals surface area contributed by atoms with E-state index in [2.05, 4.69) is 6.92 Å². The zero-order chi connectivity index (χ0) is 31.1. The average Bonchev–Trinajstić information content (AvgIpc) is 3.68. The number of anilines is 1. The van der Waals surface area contributed by atoms with Crippen LogP contribution in [0.2, 0.25) is 0 Å².